The fourth-order valence-corrected chi connectivity index (χ4v) is 0.687. The summed E-state index contributed by atoms with van der Waals surface area (Å²) in [6.45, 7) is 0. The molecule has 1 aromatic rings. The first-order chi connectivity index (χ1) is 5.43. The molecule has 0 fully saturated rings. The standard InChI is InChI=1S/C8H7N.CH4O/c9-7-6-8-4-2-1-3-5-8;1-2/h1-5H,6H2;2H,1H3. The van der Waals surface area contributed by atoms with E-state index in [2.05, 4.69) is 6.07 Å². The van der Waals surface area contributed by atoms with Crippen LogP contribution < -0.4 is 0 Å². The summed E-state index contributed by atoms with van der Waals surface area (Å²) >= 11 is 0. The summed E-state index contributed by atoms with van der Waals surface area (Å²) in [5.74, 6) is 0. The number of nitrogens with zero attached hydrogens (tertiary/aromatic N) is 1. The highest BCUT2D eigenvalue weighted by atomic mass is 16.2. The Hall–Kier alpha value is -1.33. The predicted octanol–water partition coefficient (Wildman–Crippen LogP) is 1.36. The molecule has 0 aromatic heterocycles. The van der Waals surface area contributed by atoms with Crippen LogP contribution in [-0.2, 0) is 6.42 Å². The molecule has 1 N–H and O–H groups in total. The number of hydrogen-bond acceptors (Lipinski definition) is 2. The zero-order valence-corrected chi connectivity index (χ0v) is 6.49. The summed E-state index contributed by atoms with van der Waals surface area (Å²) in [6.07, 6.45) is 0.515. The van der Waals surface area contributed by atoms with Gasteiger partial charge in [0.05, 0.1) is 12.5 Å². The number of hydrogen-bond donors (Lipinski definition) is 1. The molecule has 2 heteroatoms. The normalized spacial score (nSPS) is 7.36. The topological polar surface area (TPSA) is 44.0 Å². The van der Waals surface area contributed by atoms with Gasteiger partial charge < -0.3 is 5.11 Å². The Morgan fingerprint density at radius 1 is 1.27 bits per heavy atom. The Morgan fingerprint density at radius 2 is 1.82 bits per heavy atom. The molecule has 0 amide bonds. The van der Waals surface area contributed by atoms with Crippen LogP contribution in [0.1, 0.15) is 5.56 Å². The van der Waals surface area contributed by atoms with Gasteiger partial charge in [0.25, 0.3) is 0 Å². The van der Waals surface area contributed by atoms with Crippen LogP contribution in [0.5, 0.6) is 0 Å². The Bertz CT molecular complexity index is 213. The van der Waals surface area contributed by atoms with Gasteiger partial charge in [0.2, 0.25) is 0 Å². The molecular formula is C9H11NO. The predicted molar refractivity (Wildman–Crippen MR) is 43.9 cm³/mol. The van der Waals surface area contributed by atoms with Crippen LogP contribution in [0.4, 0.5) is 0 Å². The highest BCUT2D eigenvalue weighted by Crippen LogP contribution is 1.96. The van der Waals surface area contributed by atoms with Crippen LogP contribution >= 0.6 is 0 Å². The second kappa shape index (κ2) is 6.79. The maximum atomic E-state index is 8.27. The van der Waals surface area contributed by atoms with Gasteiger partial charge in [-0.2, -0.15) is 5.26 Å². The number of nitriles is 1. The first-order valence-electron chi connectivity index (χ1n) is 3.29. The summed E-state index contributed by atoms with van der Waals surface area (Å²) in [6, 6.07) is 11.8. The van der Waals surface area contributed by atoms with Crippen LogP contribution in [0.15, 0.2) is 30.3 Å². The maximum absolute atomic E-state index is 8.27. The second-order valence-electron chi connectivity index (χ2n) is 1.82. The molecule has 1 aromatic carbocycles. The van der Waals surface area contributed by atoms with Crippen LogP contribution in [0, 0.1) is 11.3 Å². The van der Waals surface area contributed by atoms with Crippen molar-refractivity contribution < 1.29 is 5.11 Å². The summed E-state index contributed by atoms with van der Waals surface area (Å²) in [7, 11) is 1.00. The van der Waals surface area contributed by atoms with Gasteiger partial charge >= 0.3 is 0 Å². The molecule has 0 bridgehead atoms. The summed E-state index contributed by atoms with van der Waals surface area (Å²) < 4.78 is 0. The van der Waals surface area contributed by atoms with Gasteiger partial charge in [0.15, 0.2) is 0 Å². The molecule has 0 radical (unpaired) electrons. The van der Waals surface area contributed by atoms with E-state index in [9.17, 15) is 0 Å². The highest BCUT2D eigenvalue weighted by Gasteiger charge is 1.84. The minimum Gasteiger partial charge on any atom is -0.400 e. The van der Waals surface area contributed by atoms with Gasteiger partial charge in [-0.05, 0) is 5.56 Å². The largest absolute Gasteiger partial charge is 0.400 e. The lowest BCUT2D eigenvalue weighted by molar-refractivity contribution is 0.399. The number of benzene rings is 1. The third-order valence-corrected chi connectivity index (χ3v) is 1.13. The third kappa shape index (κ3) is 4.12. The van der Waals surface area contributed by atoms with Crippen molar-refractivity contribution in [2.45, 2.75) is 6.42 Å². The number of aliphatic hydroxyl groups is 1. The summed E-state index contributed by atoms with van der Waals surface area (Å²) in [5, 5.41) is 15.3. The molecule has 1 rings (SSSR count). The Kier molecular flexibility index (Phi) is 5.96. The Labute approximate surface area is 66.7 Å². The molecule has 0 heterocycles. The van der Waals surface area contributed by atoms with Crippen LogP contribution in [0.3, 0.4) is 0 Å². The fraction of sp³-hybridized carbons (Fsp3) is 0.222. The monoisotopic (exact) mass is 149 g/mol. The van der Waals surface area contributed by atoms with E-state index in [0.29, 0.717) is 6.42 Å². The summed E-state index contributed by atoms with van der Waals surface area (Å²) in [4.78, 5) is 0. The SMILES string of the molecule is CO.N#CCc1ccccc1. The van der Waals surface area contributed by atoms with E-state index < -0.39 is 0 Å². The van der Waals surface area contributed by atoms with E-state index in [1.54, 1.807) is 0 Å². The van der Waals surface area contributed by atoms with Crippen molar-refractivity contribution >= 4 is 0 Å². The lowest BCUT2D eigenvalue weighted by Gasteiger charge is -1.88. The maximum Gasteiger partial charge on any atom is 0.0669 e. The first-order valence-corrected chi connectivity index (χ1v) is 3.29. The Balaban J connectivity index is 0.000000461. The van der Waals surface area contributed by atoms with Crippen molar-refractivity contribution in [1.29, 1.82) is 5.26 Å². The lowest BCUT2D eigenvalue weighted by atomic mass is 10.2. The summed E-state index contributed by atoms with van der Waals surface area (Å²) in [5.41, 5.74) is 1.08. The van der Waals surface area contributed by atoms with Crippen molar-refractivity contribution in [2.24, 2.45) is 0 Å². The van der Waals surface area contributed by atoms with Crippen molar-refractivity contribution in [3.8, 4) is 6.07 Å². The van der Waals surface area contributed by atoms with Crippen molar-refractivity contribution in [3.05, 3.63) is 35.9 Å². The number of aliphatic hydroxyl groups excluding tert-OH is 1. The fourth-order valence-electron chi connectivity index (χ4n) is 0.687. The van der Waals surface area contributed by atoms with E-state index in [4.69, 9.17) is 10.4 Å². The van der Waals surface area contributed by atoms with E-state index in [-0.39, 0.29) is 0 Å². The van der Waals surface area contributed by atoms with E-state index in [1.165, 1.54) is 0 Å². The molecular weight excluding hydrogens is 138 g/mol. The molecule has 0 aliphatic heterocycles. The smallest absolute Gasteiger partial charge is 0.0669 e. The molecule has 0 unspecified atom stereocenters. The van der Waals surface area contributed by atoms with E-state index >= 15 is 0 Å². The average molecular weight is 149 g/mol. The van der Waals surface area contributed by atoms with Gasteiger partial charge in [0.1, 0.15) is 0 Å². The van der Waals surface area contributed by atoms with Gasteiger partial charge in [-0.3, -0.25) is 0 Å². The van der Waals surface area contributed by atoms with Crippen LogP contribution in [-0.4, -0.2) is 12.2 Å². The van der Waals surface area contributed by atoms with E-state index in [1.807, 2.05) is 30.3 Å². The molecule has 0 aliphatic carbocycles. The molecule has 58 valence electrons. The quantitative estimate of drug-likeness (QED) is 0.655. The minimum absolute atomic E-state index is 0.515. The zero-order chi connectivity index (χ0) is 8.53. The highest BCUT2D eigenvalue weighted by molar-refractivity contribution is 5.17. The van der Waals surface area contributed by atoms with Gasteiger partial charge in [-0.15, -0.1) is 0 Å². The average Bonchev–Trinajstić information content (AvgIpc) is 2.11. The lowest BCUT2D eigenvalue weighted by Crippen LogP contribution is -1.76. The molecule has 0 aliphatic rings. The van der Waals surface area contributed by atoms with Crippen LogP contribution in [0.25, 0.3) is 0 Å². The van der Waals surface area contributed by atoms with Gasteiger partial charge in [-0.25, -0.2) is 0 Å². The van der Waals surface area contributed by atoms with Crippen molar-refractivity contribution in [1.82, 2.24) is 0 Å². The first kappa shape index (κ1) is 9.67. The zero-order valence-electron chi connectivity index (χ0n) is 6.49. The molecule has 2 nitrogen and oxygen atoms in total. The molecule has 11 heavy (non-hydrogen) atoms. The molecule has 0 spiro atoms. The molecule has 0 atom stereocenters. The molecule has 0 saturated heterocycles. The van der Waals surface area contributed by atoms with Crippen LogP contribution in [0.2, 0.25) is 0 Å². The van der Waals surface area contributed by atoms with Gasteiger partial charge in [0, 0.05) is 7.11 Å². The minimum atomic E-state index is 0.515. The number of rotatable bonds is 1. The Morgan fingerprint density at radius 3 is 2.27 bits per heavy atom. The van der Waals surface area contributed by atoms with Crippen molar-refractivity contribution in [3.63, 3.8) is 0 Å². The molecule has 0 saturated carbocycles. The van der Waals surface area contributed by atoms with Crippen molar-refractivity contribution in [2.75, 3.05) is 7.11 Å². The van der Waals surface area contributed by atoms with E-state index in [0.717, 1.165) is 12.7 Å². The van der Waals surface area contributed by atoms with Gasteiger partial charge in [-0.1, -0.05) is 30.3 Å². The third-order valence-electron chi connectivity index (χ3n) is 1.13. The second-order valence-corrected chi connectivity index (χ2v) is 1.82.